The lowest BCUT2D eigenvalue weighted by Crippen LogP contribution is -2.40. The van der Waals surface area contributed by atoms with E-state index in [9.17, 15) is 9.18 Å². The average molecular weight is 365 g/mol. The zero-order chi connectivity index (χ0) is 18.6. The summed E-state index contributed by atoms with van der Waals surface area (Å²) in [6.07, 6.45) is 4.17. The van der Waals surface area contributed by atoms with E-state index < -0.39 is 0 Å². The Morgan fingerprint density at radius 1 is 1.00 bits per heavy atom. The first-order valence-electron chi connectivity index (χ1n) is 9.63. The Labute approximate surface area is 159 Å². The molecule has 0 bridgehead atoms. The van der Waals surface area contributed by atoms with Gasteiger partial charge in [0, 0.05) is 6.42 Å². The predicted molar refractivity (Wildman–Crippen MR) is 104 cm³/mol. The van der Waals surface area contributed by atoms with E-state index in [1.807, 2.05) is 30.3 Å². The Hall–Kier alpha value is -2.53. The molecule has 0 N–H and O–H groups in total. The fourth-order valence-electron chi connectivity index (χ4n) is 3.87. The molecule has 4 rings (SSSR count). The van der Waals surface area contributed by atoms with Gasteiger partial charge in [-0.15, -0.1) is 0 Å². The average Bonchev–Trinajstić information content (AvgIpc) is 3.16. The lowest BCUT2D eigenvalue weighted by atomic mass is 9.98. The zero-order valence-electron chi connectivity index (χ0n) is 15.4. The molecule has 2 heterocycles. The summed E-state index contributed by atoms with van der Waals surface area (Å²) < 4.78 is 13.4. The Balaban J connectivity index is 1.59. The summed E-state index contributed by atoms with van der Waals surface area (Å²) in [7, 11) is 0. The van der Waals surface area contributed by atoms with Crippen LogP contribution in [0.4, 0.5) is 4.39 Å². The number of likely N-dealkylation sites (tertiary alicyclic amines) is 1. The third kappa shape index (κ3) is 4.08. The van der Waals surface area contributed by atoms with Crippen molar-refractivity contribution in [3.05, 3.63) is 71.5 Å². The molecular weight excluding hydrogens is 341 g/mol. The Morgan fingerprint density at radius 3 is 2.41 bits per heavy atom. The number of carbonyl (C=O) groups excluding carboxylic acids is 1. The van der Waals surface area contributed by atoms with E-state index in [0.717, 1.165) is 42.8 Å². The van der Waals surface area contributed by atoms with Gasteiger partial charge in [-0.25, -0.2) is 9.40 Å². The highest BCUT2D eigenvalue weighted by atomic mass is 19.1. The molecule has 0 aliphatic carbocycles. The number of piperidine rings is 1. The van der Waals surface area contributed by atoms with Crippen molar-refractivity contribution in [2.75, 3.05) is 19.6 Å². The van der Waals surface area contributed by atoms with Crippen molar-refractivity contribution in [3.8, 4) is 0 Å². The highest BCUT2D eigenvalue weighted by Crippen LogP contribution is 2.33. The summed E-state index contributed by atoms with van der Waals surface area (Å²) in [4.78, 5) is 15.3. The number of hydrazone groups is 1. The summed E-state index contributed by atoms with van der Waals surface area (Å²) in [5.41, 5.74) is 2.84. The van der Waals surface area contributed by atoms with Crippen molar-refractivity contribution in [3.63, 3.8) is 0 Å². The molecule has 1 saturated heterocycles. The third-order valence-corrected chi connectivity index (χ3v) is 5.34. The molecule has 5 heteroatoms. The second-order valence-electron chi connectivity index (χ2n) is 7.26. The number of benzene rings is 2. The number of amides is 1. The van der Waals surface area contributed by atoms with Gasteiger partial charge in [-0.05, 0) is 49.2 Å². The van der Waals surface area contributed by atoms with E-state index in [1.54, 1.807) is 17.1 Å². The molecule has 2 aliphatic heterocycles. The van der Waals surface area contributed by atoms with Gasteiger partial charge in [0.2, 0.25) is 0 Å². The van der Waals surface area contributed by atoms with Crippen LogP contribution in [0, 0.1) is 5.82 Å². The summed E-state index contributed by atoms with van der Waals surface area (Å²) in [6, 6.07) is 16.2. The number of carbonyl (C=O) groups is 1. The Kier molecular flexibility index (Phi) is 5.30. The number of rotatable bonds is 4. The van der Waals surface area contributed by atoms with Crippen LogP contribution in [-0.2, 0) is 4.79 Å². The molecule has 2 aromatic carbocycles. The molecule has 1 unspecified atom stereocenters. The summed E-state index contributed by atoms with van der Waals surface area (Å²) in [5.74, 6) is -0.260. The molecule has 2 aliphatic rings. The van der Waals surface area contributed by atoms with Gasteiger partial charge in [-0.2, -0.15) is 5.10 Å². The fourth-order valence-corrected chi connectivity index (χ4v) is 3.87. The second kappa shape index (κ2) is 8.01. The standard InChI is InChI=1S/C22H24FN3O/c23-19-11-9-18(10-12-19)21-15-20(17-7-3-1-4-8-17)24-26(21)22(27)16-25-13-5-2-6-14-25/h1,3-4,7-12,21H,2,5-6,13-16H2. The lowest BCUT2D eigenvalue weighted by Gasteiger charge is -2.29. The van der Waals surface area contributed by atoms with Crippen molar-refractivity contribution in [1.82, 2.24) is 9.91 Å². The van der Waals surface area contributed by atoms with Crippen LogP contribution in [0.5, 0.6) is 0 Å². The van der Waals surface area contributed by atoms with Crippen LogP contribution in [-0.4, -0.2) is 41.2 Å². The van der Waals surface area contributed by atoms with Crippen LogP contribution in [0.25, 0.3) is 0 Å². The predicted octanol–water partition coefficient (Wildman–Crippen LogP) is 3.99. The minimum absolute atomic E-state index is 0.0113. The quantitative estimate of drug-likeness (QED) is 0.821. The molecule has 1 amide bonds. The summed E-state index contributed by atoms with van der Waals surface area (Å²) in [5, 5.41) is 6.30. The number of hydrogen-bond acceptors (Lipinski definition) is 3. The van der Waals surface area contributed by atoms with Gasteiger partial charge < -0.3 is 0 Å². The molecule has 0 aromatic heterocycles. The van der Waals surface area contributed by atoms with E-state index in [1.165, 1.54) is 18.6 Å². The van der Waals surface area contributed by atoms with Crippen LogP contribution < -0.4 is 0 Å². The number of hydrogen-bond donors (Lipinski definition) is 0. The first kappa shape index (κ1) is 17.9. The Bertz CT molecular complexity index is 813. The SMILES string of the molecule is O=C(CN1CCCCC1)N1N=C(c2ccccc2)CC1c1ccc(F)cc1. The van der Waals surface area contributed by atoms with Crippen molar-refractivity contribution in [2.45, 2.75) is 31.7 Å². The number of halogens is 1. The smallest absolute Gasteiger partial charge is 0.257 e. The molecule has 4 nitrogen and oxygen atoms in total. The van der Waals surface area contributed by atoms with E-state index in [2.05, 4.69) is 10.0 Å². The van der Waals surface area contributed by atoms with Crippen molar-refractivity contribution in [1.29, 1.82) is 0 Å². The largest absolute Gasteiger partial charge is 0.294 e. The van der Waals surface area contributed by atoms with Crippen LogP contribution in [0.2, 0.25) is 0 Å². The van der Waals surface area contributed by atoms with Gasteiger partial charge >= 0.3 is 0 Å². The maximum atomic E-state index is 13.4. The van der Waals surface area contributed by atoms with Gasteiger partial charge in [0.1, 0.15) is 5.82 Å². The second-order valence-corrected chi connectivity index (χ2v) is 7.26. The minimum atomic E-state index is -0.271. The maximum absolute atomic E-state index is 13.4. The first-order valence-corrected chi connectivity index (χ1v) is 9.63. The monoisotopic (exact) mass is 365 g/mol. The molecule has 0 saturated carbocycles. The molecule has 140 valence electrons. The van der Waals surface area contributed by atoms with E-state index in [0.29, 0.717) is 13.0 Å². The van der Waals surface area contributed by atoms with Crippen LogP contribution in [0.15, 0.2) is 59.7 Å². The highest BCUT2D eigenvalue weighted by molar-refractivity contribution is 6.03. The van der Waals surface area contributed by atoms with Gasteiger partial charge in [-0.3, -0.25) is 9.69 Å². The van der Waals surface area contributed by atoms with E-state index in [4.69, 9.17) is 0 Å². The lowest BCUT2D eigenvalue weighted by molar-refractivity contribution is -0.134. The molecular formula is C22H24FN3O. The maximum Gasteiger partial charge on any atom is 0.257 e. The Morgan fingerprint density at radius 2 is 1.70 bits per heavy atom. The molecule has 27 heavy (non-hydrogen) atoms. The molecule has 1 atom stereocenters. The van der Waals surface area contributed by atoms with Crippen molar-refractivity contribution >= 4 is 11.6 Å². The van der Waals surface area contributed by atoms with E-state index >= 15 is 0 Å². The van der Waals surface area contributed by atoms with Crippen molar-refractivity contribution < 1.29 is 9.18 Å². The van der Waals surface area contributed by atoms with E-state index in [-0.39, 0.29) is 17.8 Å². The zero-order valence-corrected chi connectivity index (χ0v) is 15.4. The highest BCUT2D eigenvalue weighted by Gasteiger charge is 2.33. The normalized spacial score (nSPS) is 20.6. The minimum Gasteiger partial charge on any atom is -0.294 e. The van der Waals surface area contributed by atoms with Gasteiger partial charge in [0.05, 0.1) is 18.3 Å². The molecule has 0 radical (unpaired) electrons. The molecule has 0 spiro atoms. The summed E-state index contributed by atoms with van der Waals surface area (Å²) in [6.45, 7) is 2.33. The fraction of sp³-hybridized carbons (Fsp3) is 0.364. The van der Waals surface area contributed by atoms with Crippen LogP contribution in [0.1, 0.15) is 42.9 Å². The third-order valence-electron chi connectivity index (χ3n) is 5.34. The van der Waals surface area contributed by atoms with Gasteiger partial charge in [0.15, 0.2) is 0 Å². The first-order chi connectivity index (χ1) is 13.2. The molecule has 1 fully saturated rings. The van der Waals surface area contributed by atoms with Gasteiger partial charge in [-0.1, -0.05) is 48.9 Å². The molecule has 2 aromatic rings. The van der Waals surface area contributed by atoms with Gasteiger partial charge in [0.25, 0.3) is 5.91 Å². The van der Waals surface area contributed by atoms with Crippen LogP contribution >= 0.6 is 0 Å². The topological polar surface area (TPSA) is 35.9 Å². The van der Waals surface area contributed by atoms with Crippen LogP contribution in [0.3, 0.4) is 0 Å². The summed E-state index contributed by atoms with van der Waals surface area (Å²) >= 11 is 0. The van der Waals surface area contributed by atoms with Crippen molar-refractivity contribution in [2.24, 2.45) is 5.10 Å². The number of nitrogens with zero attached hydrogens (tertiary/aromatic N) is 3.